The molecular formula is C12H13NO3. The van der Waals surface area contributed by atoms with Gasteiger partial charge in [0.1, 0.15) is 11.3 Å². The molecule has 0 atom stereocenters. The fraction of sp³-hybridized carbons (Fsp3) is 0.250. The van der Waals surface area contributed by atoms with E-state index in [0.29, 0.717) is 23.3 Å². The Kier molecular flexibility index (Phi) is 3.03. The smallest absolute Gasteiger partial charge is 0.192 e. The lowest BCUT2D eigenvalue weighted by molar-refractivity contribution is -0.0985. The zero-order chi connectivity index (χ0) is 11.5. The predicted molar refractivity (Wildman–Crippen MR) is 60.4 cm³/mol. The predicted octanol–water partition coefficient (Wildman–Crippen LogP) is 2.00. The molecule has 0 saturated carbocycles. The van der Waals surface area contributed by atoms with Gasteiger partial charge in [0.2, 0.25) is 0 Å². The summed E-state index contributed by atoms with van der Waals surface area (Å²) in [7, 11) is 0. The summed E-state index contributed by atoms with van der Waals surface area (Å²) >= 11 is 0. The second kappa shape index (κ2) is 4.47. The van der Waals surface area contributed by atoms with Crippen LogP contribution in [0.1, 0.15) is 12.7 Å². The number of hydrogen-bond donors (Lipinski definition) is 1. The van der Waals surface area contributed by atoms with Crippen molar-refractivity contribution in [2.45, 2.75) is 13.5 Å². The molecule has 0 aliphatic rings. The number of hydrogen-bond acceptors (Lipinski definition) is 4. The van der Waals surface area contributed by atoms with Crippen LogP contribution in [0.4, 0.5) is 0 Å². The molecular weight excluding hydrogens is 206 g/mol. The van der Waals surface area contributed by atoms with Crippen molar-refractivity contribution in [2.24, 2.45) is 0 Å². The fourth-order valence-electron chi connectivity index (χ4n) is 1.52. The number of para-hydroxylation sites is 1. The SMILES string of the molecule is CCN(O)Cc1cc(=O)c2ccccc2o1. The summed E-state index contributed by atoms with van der Waals surface area (Å²) in [6, 6.07) is 8.49. The number of rotatable bonds is 3. The van der Waals surface area contributed by atoms with Crippen LogP contribution in [0.15, 0.2) is 39.5 Å². The minimum absolute atomic E-state index is 0.0821. The Bertz CT molecular complexity index is 547. The second-order valence-electron chi connectivity index (χ2n) is 3.55. The first kappa shape index (κ1) is 10.9. The van der Waals surface area contributed by atoms with Crippen LogP contribution in [0.3, 0.4) is 0 Å². The molecule has 2 rings (SSSR count). The molecule has 16 heavy (non-hydrogen) atoms. The van der Waals surface area contributed by atoms with Gasteiger partial charge >= 0.3 is 0 Å². The van der Waals surface area contributed by atoms with Gasteiger partial charge in [-0.3, -0.25) is 4.79 Å². The Morgan fingerprint density at radius 3 is 2.88 bits per heavy atom. The van der Waals surface area contributed by atoms with E-state index < -0.39 is 0 Å². The molecule has 4 nitrogen and oxygen atoms in total. The maximum absolute atomic E-state index is 11.7. The number of hydroxylamine groups is 2. The molecule has 1 N–H and O–H groups in total. The second-order valence-corrected chi connectivity index (χ2v) is 3.55. The molecule has 0 spiro atoms. The minimum Gasteiger partial charge on any atom is -0.459 e. The zero-order valence-electron chi connectivity index (χ0n) is 9.01. The van der Waals surface area contributed by atoms with Crippen LogP contribution in [-0.2, 0) is 6.54 Å². The van der Waals surface area contributed by atoms with Gasteiger partial charge in [-0.1, -0.05) is 19.1 Å². The molecule has 2 aromatic rings. The minimum atomic E-state index is -0.0821. The van der Waals surface area contributed by atoms with E-state index in [0.717, 1.165) is 5.06 Å². The van der Waals surface area contributed by atoms with E-state index in [1.807, 2.05) is 13.0 Å². The fourth-order valence-corrected chi connectivity index (χ4v) is 1.52. The van der Waals surface area contributed by atoms with E-state index in [4.69, 9.17) is 4.42 Å². The van der Waals surface area contributed by atoms with Gasteiger partial charge in [-0.25, -0.2) is 0 Å². The largest absolute Gasteiger partial charge is 0.459 e. The normalized spacial score (nSPS) is 11.2. The highest BCUT2D eigenvalue weighted by Gasteiger charge is 2.06. The molecule has 0 radical (unpaired) electrons. The van der Waals surface area contributed by atoms with E-state index >= 15 is 0 Å². The third kappa shape index (κ3) is 2.13. The Hall–Kier alpha value is -1.65. The Morgan fingerprint density at radius 1 is 1.38 bits per heavy atom. The van der Waals surface area contributed by atoms with Crippen LogP contribution in [0.25, 0.3) is 11.0 Å². The summed E-state index contributed by atoms with van der Waals surface area (Å²) in [4.78, 5) is 11.7. The van der Waals surface area contributed by atoms with Crippen LogP contribution in [0, 0.1) is 0 Å². The Balaban J connectivity index is 2.46. The highest BCUT2D eigenvalue weighted by molar-refractivity contribution is 5.76. The average Bonchev–Trinajstić information content (AvgIpc) is 2.29. The van der Waals surface area contributed by atoms with Crippen LogP contribution < -0.4 is 5.43 Å². The van der Waals surface area contributed by atoms with Crippen molar-refractivity contribution in [1.29, 1.82) is 0 Å². The maximum Gasteiger partial charge on any atom is 0.192 e. The first-order valence-electron chi connectivity index (χ1n) is 5.16. The van der Waals surface area contributed by atoms with E-state index in [1.165, 1.54) is 6.07 Å². The van der Waals surface area contributed by atoms with E-state index in [2.05, 4.69) is 0 Å². The van der Waals surface area contributed by atoms with Crippen molar-refractivity contribution >= 4 is 11.0 Å². The number of nitrogens with zero attached hydrogens (tertiary/aromatic N) is 1. The lowest BCUT2D eigenvalue weighted by Gasteiger charge is -2.10. The zero-order valence-corrected chi connectivity index (χ0v) is 9.01. The molecule has 1 heterocycles. The van der Waals surface area contributed by atoms with Crippen molar-refractivity contribution < 1.29 is 9.62 Å². The van der Waals surface area contributed by atoms with Crippen molar-refractivity contribution in [3.05, 3.63) is 46.3 Å². The average molecular weight is 219 g/mol. The van der Waals surface area contributed by atoms with Crippen LogP contribution in [0.2, 0.25) is 0 Å². The van der Waals surface area contributed by atoms with Gasteiger partial charge in [0, 0.05) is 12.6 Å². The molecule has 0 bridgehead atoms. The summed E-state index contributed by atoms with van der Waals surface area (Å²) in [5.74, 6) is 0.466. The standard InChI is InChI=1S/C12H13NO3/c1-2-13(15)8-9-7-11(14)10-5-3-4-6-12(10)16-9/h3-7,15H,2,8H2,1H3. The van der Waals surface area contributed by atoms with Gasteiger partial charge < -0.3 is 9.62 Å². The topological polar surface area (TPSA) is 53.7 Å². The third-order valence-electron chi connectivity index (χ3n) is 2.39. The van der Waals surface area contributed by atoms with Gasteiger partial charge in [-0.15, -0.1) is 0 Å². The van der Waals surface area contributed by atoms with E-state index in [-0.39, 0.29) is 12.0 Å². The molecule has 1 aromatic heterocycles. The van der Waals surface area contributed by atoms with Crippen molar-refractivity contribution in [3.8, 4) is 0 Å². The lowest BCUT2D eigenvalue weighted by atomic mass is 10.2. The summed E-state index contributed by atoms with van der Waals surface area (Å²) in [6.45, 7) is 2.52. The Labute approximate surface area is 92.7 Å². The maximum atomic E-state index is 11.7. The van der Waals surface area contributed by atoms with Crippen LogP contribution >= 0.6 is 0 Å². The van der Waals surface area contributed by atoms with Crippen LogP contribution in [0.5, 0.6) is 0 Å². The third-order valence-corrected chi connectivity index (χ3v) is 2.39. The monoisotopic (exact) mass is 219 g/mol. The van der Waals surface area contributed by atoms with Gasteiger partial charge in [0.25, 0.3) is 0 Å². The first-order chi connectivity index (χ1) is 7.70. The highest BCUT2D eigenvalue weighted by Crippen LogP contribution is 2.12. The number of fused-ring (bicyclic) bond motifs is 1. The summed E-state index contributed by atoms with van der Waals surface area (Å²) in [6.07, 6.45) is 0. The van der Waals surface area contributed by atoms with Crippen LogP contribution in [-0.4, -0.2) is 16.8 Å². The molecule has 0 fully saturated rings. The van der Waals surface area contributed by atoms with Gasteiger partial charge in [0.15, 0.2) is 5.43 Å². The lowest BCUT2D eigenvalue weighted by Crippen LogP contribution is -2.18. The van der Waals surface area contributed by atoms with Crippen molar-refractivity contribution in [1.82, 2.24) is 5.06 Å². The summed E-state index contributed by atoms with van der Waals surface area (Å²) in [5.41, 5.74) is 0.468. The Morgan fingerprint density at radius 2 is 2.12 bits per heavy atom. The molecule has 4 heteroatoms. The molecule has 0 aliphatic carbocycles. The van der Waals surface area contributed by atoms with E-state index in [1.54, 1.807) is 18.2 Å². The van der Waals surface area contributed by atoms with Crippen molar-refractivity contribution in [2.75, 3.05) is 6.54 Å². The highest BCUT2D eigenvalue weighted by atomic mass is 16.5. The first-order valence-corrected chi connectivity index (χ1v) is 5.16. The van der Waals surface area contributed by atoms with Crippen molar-refractivity contribution in [3.63, 3.8) is 0 Å². The van der Waals surface area contributed by atoms with Gasteiger partial charge in [-0.05, 0) is 12.1 Å². The number of benzene rings is 1. The quantitative estimate of drug-likeness (QED) is 0.802. The molecule has 1 aromatic carbocycles. The molecule has 0 amide bonds. The van der Waals surface area contributed by atoms with Gasteiger partial charge in [0.05, 0.1) is 11.9 Å². The molecule has 0 aliphatic heterocycles. The summed E-state index contributed by atoms with van der Waals surface area (Å²) in [5, 5.41) is 11.0. The summed E-state index contributed by atoms with van der Waals surface area (Å²) < 4.78 is 5.51. The molecule has 0 unspecified atom stereocenters. The molecule has 0 saturated heterocycles. The van der Waals surface area contributed by atoms with Gasteiger partial charge in [-0.2, -0.15) is 5.06 Å². The molecule has 84 valence electrons. The van der Waals surface area contributed by atoms with E-state index in [9.17, 15) is 10.0 Å².